The minimum atomic E-state index is -0.624. The Morgan fingerprint density at radius 3 is 2.86 bits per heavy atom. The molecule has 0 unspecified atom stereocenters. The standard InChI is InChI=1S/C16H18N2O3S/c1-11(19)18-15(16(20)21-2)10-22-9-12-7-13-5-3-4-6-14(13)17-8-12/h3-8,15H,9-10H2,1-2H3,(H,18,19)/t15-/m0/s1. The van der Waals surface area contributed by atoms with Crippen LogP contribution in [0.2, 0.25) is 0 Å². The molecular formula is C16H18N2O3S. The molecule has 1 amide bonds. The number of carbonyl (C=O) groups excluding carboxylic acids is 2. The van der Waals surface area contributed by atoms with Crippen LogP contribution in [0.3, 0.4) is 0 Å². The number of hydrogen-bond acceptors (Lipinski definition) is 5. The number of benzene rings is 1. The van der Waals surface area contributed by atoms with Crippen LogP contribution in [0, 0.1) is 0 Å². The van der Waals surface area contributed by atoms with Crippen LogP contribution in [-0.2, 0) is 20.1 Å². The van der Waals surface area contributed by atoms with Crippen LogP contribution in [0.5, 0.6) is 0 Å². The first-order valence-corrected chi connectivity index (χ1v) is 8.02. The van der Waals surface area contributed by atoms with Gasteiger partial charge in [-0.3, -0.25) is 9.78 Å². The summed E-state index contributed by atoms with van der Waals surface area (Å²) in [6.45, 7) is 1.38. The van der Waals surface area contributed by atoms with Crippen LogP contribution in [0.25, 0.3) is 10.9 Å². The topological polar surface area (TPSA) is 68.3 Å². The van der Waals surface area contributed by atoms with Gasteiger partial charge >= 0.3 is 5.97 Å². The summed E-state index contributed by atoms with van der Waals surface area (Å²) in [5.74, 6) is 0.493. The molecule has 5 nitrogen and oxygen atoms in total. The molecule has 2 aromatic rings. The first-order valence-electron chi connectivity index (χ1n) is 6.86. The van der Waals surface area contributed by atoms with Crippen molar-refractivity contribution in [2.24, 2.45) is 0 Å². The Morgan fingerprint density at radius 1 is 1.36 bits per heavy atom. The quantitative estimate of drug-likeness (QED) is 0.827. The predicted octanol–water partition coefficient (Wildman–Crippen LogP) is 2.15. The fourth-order valence-electron chi connectivity index (χ4n) is 2.05. The third kappa shape index (κ3) is 4.46. The number of thioether (sulfide) groups is 1. The minimum Gasteiger partial charge on any atom is -0.467 e. The summed E-state index contributed by atoms with van der Waals surface area (Å²) >= 11 is 1.55. The highest BCUT2D eigenvalue weighted by molar-refractivity contribution is 7.98. The van der Waals surface area contributed by atoms with E-state index < -0.39 is 12.0 Å². The molecule has 0 radical (unpaired) electrons. The van der Waals surface area contributed by atoms with Gasteiger partial charge in [0.1, 0.15) is 6.04 Å². The van der Waals surface area contributed by atoms with Gasteiger partial charge in [-0.15, -0.1) is 0 Å². The number of pyridine rings is 1. The molecule has 0 aliphatic heterocycles. The molecule has 2 rings (SSSR count). The van der Waals surface area contributed by atoms with Gasteiger partial charge in [0, 0.05) is 30.0 Å². The van der Waals surface area contributed by atoms with Gasteiger partial charge in [0.25, 0.3) is 0 Å². The van der Waals surface area contributed by atoms with Crippen molar-refractivity contribution in [3.05, 3.63) is 42.1 Å². The summed E-state index contributed by atoms with van der Waals surface area (Å²) in [5.41, 5.74) is 2.04. The second kappa shape index (κ2) is 7.79. The Morgan fingerprint density at radius 2 is 2.14 bits per heavy atom. The van der Waals surface area contributed by atoms with Gasteiger partial charge in [-0.2, -0.15) is 11.8 Å². The van der Waals surface area contributed by atoms with Crippen molar-refractivity contribution in [1.29, 1.82) is 0 Å². The molecule has 1 heterocycles. The Hall–Kier alpha value is -2.08. The van der Waals surface area contributed by atoms with Crippen molar-refractivity contribution in [2.75, 3.05) is 12.9 Å². The van der Waals surface area contributed by atoms with E-state index in [-0.39, 0.29) is 5.91 Å². The number of ether oxygens (including phenoxy) is 1. The number of amides is 1. The first-order chi connectivity index (χ1) is 10.6. The van der Waals surface area contributed by atoms with E-state index in [1.165, 1.54) is 14.0 Å². The van der Waals surface area contributed by atoms with Gasteiger partial charge in [-0.1, -0.05) is 18.2 Å². The lowest BCUT2D eigenvalue weighted by molar-refractivity contribution is -0.144. The monoisotopic (exact) mass is 318 g/mol. The SMILES string of the molecule is COC(=O)[C@H](CSCc1cnc2ccccc2c1)NC(C)=O. The summed E-state index contributed by atoms with van der Waals surface area (Å²) in [5, 5.41) is 3.69. The molecule has 0 bridgehead atoms. The number of methoxy groups -OCH3 is 1. The zero-order chi connectivity index (χ0) is 15.9. The van der Waals surface area contributed by atoms with E-state index in [1.807, 2.05) is 30.5 Å². The second-order valence-electron chi connectivity index (χ2n) is 4.83. The van der Waals surface area contributed by atoms with E-state index >= 15 is 0 Å². The molecule has 0 spiro atoms. The number of aromatic nitrogens is 1. The van der Waals surface area contributed by atoms with Gasteiger partial charge in [0.15, 0.2) is 0 Å². The number of rotatable bonds is 6. The Bertz CT molecular complexity index is 675. The third-order valence-corrected chi connectivity index (χ3v) is 4.17. The number of esters is 1. The molecule has 1 aromatic heterocycles. The van der Waals surface area contributed by atoms with E-state index in [1.54, 1.807) is 11.8 Å². The fraction of sp³-hybridized carbons (Fsp3) is 0.312. The first kappa shape index (κ1) is 16.3. The Labute approximate surface area is 133 Å². The maximum absolute atomic E-state index is 11.6. The summed E-state index contributed by atoms with van der Waals surface area (Å²) in [6.07, 6.45) is 1.83. The summed E-state index contributed by atoms with van der Waals surface area (Å²) in [6, 6.07) is 9.38. The van der Waals surface area contributed by atoms with E-state index in [4.69, 9.17) is 4.74 Å². The maximum Gasteiger partial charge on any atom is 0.329 e. The molecule has 6 heteroatoms. The Kier molecular flexibility index (Phi) is 5.77. The lowest BCUT2D eigenvalue weighted by Gasteiger charge is -2.14. The zero-order valence-corrected chi connectivity index (χ0v) is 13.4. The summed E-state index contributed by atoms with van der Waals surface area (Å²) in [4.78, 5) is 27.1. The van der Waals surface area contributed by atoms with Crippen molar-refractivity contribution in [2.45, 2.75) is 18.7 Å². The predicted molar refractivity (Wildman–Crippen MR) is 87.5 cm³/mol. The Balaban J connectivity index is 1.95. The molecule has 0 aliphatic rings. The average molecular weight is 318 g/mol. The number of carbonyl (C=O) groups is 2. The third-order valence-electron chi connectivity index (χ3n) is 3.06. The zero-order valence-electron chi connectivity index (χ0n) is 12.5. The van der Waals surface area contributed by atoms with Gasteiger partial charge < -0.3 is 10.1 Å². The lowest BCUT2D eigenvalue weighted by atomic mass is 10.2. The molecular weight excluding hydrogens is 300 g/mol. The molecule has 0 saturated heterocycles. The summed E-state index contributed by atoms with van der Waals surface area (Å²) in [7, 11) is 1.31. The van der Waals surface area contributed by atoms with Crippen molar-refractivity contribution >= 4 is 34.5 Å². The van der Waals surface area contributed by atoms with Gasteiger partial charge in [-0.05, 0) is 17.7 Å². The average Bonchev–Trinajstić information content (AvgIpc) is 2.52. The molecule has 0 aliphatic carbocycles. The number of hydrogen-bond donors (Lipinski definition) is 1. The van der Waals surface area contributed by atoms with Crippen molar-refractivity contribution < 1.29 is 14.3 Å². The van der Waals surface area contributed by atoms with E-state index in [0.717, 1.165) is 16.5 Å². The number of para-hydroxylation sites is 1. The molecule has 1 atom stereocenters. The number of nitrogens with zero attached hydrogens (tertiary/aromatic N) is 1. The van der Waals surface area contributed by atoms with Crippen LogP contribution < -0.4 is 5.32 Å². The van der Waals surface area contributed by atoms with Crippen LogP contribution in [-0.4, -0.2) is 35.8 Å². The molecule has 1 aromatic carbocycles. The molecule has 116 valence electrons. The normalized spacial score (nSPS) is 11.9. The smallest absolute Gasteiger partial charge is 0.329 e. The second-order valence-corrected chi connectivity index (χ2v) is 5.86. The van der Waals surface area contributed by atoms with Crippen LogP contribution in [0.4, 0.5) is 0 Å². The van der Waals surface area contributed by atoms with Crippen molar-refractivity contribution in [3.63, 3.8) is 0 Å². The van der Waals surface area contributed by atoms with Crippen molar-refractivity contribution in [3.8, 4) is 0 Å². The molecule has 0 fully saturated rings. The molecule has 0 saturated carbocycles. The number of fused-ring (bicyclic) bond motifs is 1. The highest BCUT2D eigenvalue weighted by Gasteiger charge is 2.19. The van der Waals surface area contributed by atoms with Gasteiger partial charge in [0.2, 0.25) is 5.91 Å². The van der Waals surface area contributed by atoms with Crippen LogP contribution >= 0.6 is 11.8 Å². The molecule has 22 heavy (non-hydrogen) atoms. The van der Waals surface area contributed by atoms with Gasteiger partial charge in [-0.25, -0.2) is 4.79 Å². The highest BCUT2D eigenvalue weighted by atomic mass is 32.2. The highest BCUT2D eigenvalue weighted by Crippen LogP contribution is 2.18. The minimum absolute atomic E-state index is 0.247. The summed E-state index contributed by atoms with van der Waals surface area (Å²) < 4.78 is 4.69. The van der Waals surface area contributed by atoms with E-state index in [0.29, 0.717) is 11.5 Å². The van der Waals surface area contributed by atoms with Crippen LogP contribution in [0.1, 0.15) is 12.5 Å². The molecule has 1 N–H and O–H groups in total. The van der Waals surface area contributed by atoms with Gasteiger partial charge in [0.05, 0.1) is 12.6 Å². The largest absolute Gasteiger partial charge is 0.467 e. The van der Waals surface area contributed by atoms with E-state index in [2.05, 4.69) is 16.4 Å². The fourth-order valence-corrected chi connectivity index (χ4v) is 3.01. The van der Waals surface area contributed by atoms with E-state index in [9.17, 15) is 9.59 Å². The number of nitrogens with one attached hydrogen (secondary N) is 1. The van der Waals surface area contributed by atoms with Crippen molar-refractivity contribution in [1.82, 2.24) is 10.3 Å². The maximum atomic E-state index is 11.6. The lowest BCUT2D eigenvalue weighted by Crippen LogP contribution is -2.42. The van der Waals surface area contributed by atoms with Crippen LogP contribution in [0.15, 0.2) is 36.5 Å².